The average Bonchev–Trinajstić information content (AvgIpc) is 2.62. The number of nitrogens with zero attached hydrogens (tertiary/aromatic N) is 2. The first-order valence-corrected chi connectivity index (χ1v) is 10.8. The van der Waals surface area contributed by atoms with Crippen molar-refractivity contribution in [1.29, 1.82) is 0 Å². The van der Waals surface area contributed by atoms with Crippen LogP contribution in [0.5, 0.6) is 0 Å². The van der Waals surface area contributed by atoms with Gasteiger partial charge in [-0.25, -0.2) is 0 Å². The van der Waals surface area contributed by atoms with Crippen molar-refractivity contribution in [3.05, 3.63) is 0 Å². The fraction of sp³-hybridized carbons (Fsp3) is 0.952. The Morgan fingerprint density at radius 3 is 1.65 bits per heavy atom. The molecule has 0 bridgehead atoms. The summed E-state index contributed by atoms with van der Waals surface area (Å²) in [6, 6.07) is 0. The van der Waals surface area contributed by atoms with Gasteiger partial charge in [-0.15, -0.1) is 12.4 Å². The lowest BCUT2D eigenvalue weighted by Gasteiger charge is -2.26. The van der Waals surface area contributed by atoms with E-state index in [1.165, 1.54) is 25.7 Å². The van der Waals surface area contributed by atoms with Gasteiger partial charge in [0.05, 0.1) is 6.10 Å². The van der Waals surface area contributed by atoms with Crippen LogP contribution in [0.25, 0.3) is 0 Å². The molecule has 0 aliphatic heterocycles. The van der Waals surface area contributed by atoms with Crippen molar-refractivity contribution in [2.75, 3.05) is 32.7 Å². The highest BCUT2D eigenvalue weighted by Gasteiger charge is 2.16. The maximum absolute atomic E-state index is 12.5. The number of unbranched alkanes of at least 4 members (excludes halogenated alkanes) is 4. The Morgan fingerprint density at radius 1 is 0.808 bits per heavy atom. The molecule has 0 aromatic heterocycles. The van der Waals surface area contributed by atoms with Crippen molar-refractivity contribution in [3.8, 4) is 0 Å². The van der Waals surface area contributed by atoms with Crippen molar-refractivity contribution in [1.82, 2.24) is 9.80 Å². The molecule has 1 amide bonds. The van der Waals surface area contributed by atoms with Gasteiger partial charge in [-0.05, 0) is 45.2 Å². The molecule has 0 fully saturated rings. The lowest BCUT2D eigenvalue weighted by molar-refractivity contribution is -0.132. The van der Waals surface area contributed by atoms with Gasteiger partial charge in [-0.1, -0.05) is 53.4 Å². The standard InChI is InChI=1S/C21H44N2O2.ClH/c1-5-9-15-22(16-10-6-2)19-20(24)13-14-21(25)23(17-11-7-3)18-12-8-4;/h20,24H,5-19H2,1-4H3;1H. The molecule has 158 valence electrons. The molecule has 5 heteroatoms. The SMILES string of the molecule is CCCCN(CCCC)CC(O)CCC(=O)N(CCCC)CCCC.Cl. The van der Waals surface area contributed by atoms with Crippen molar-refractivity contribution in [2.24, 2.45) is 0 Å². The molecule has 0 heterocycles. The van der Waals surface area contributed by atoms with Crippen molar-refractivity contribution in [2.45, 2.75) is 98.0 Å². The summed E-state index contributed by atoms with van der Waals surface area (Å²) in [5.74, 6) is 0.217. The molecule has 0 aromatic carbocycles. The summed E-state index contributed by atoms with van der Waals surface area (Å²) < 4.78 is 0. The second kappa shape index (κ2) is 19.4. The van der Waals surface area contributed by atoms with Gasteiger partial charge in [0.2, 0.25) is 5.91 Å². The molecule has 0 radical (unpaired) electrons. The smallest absolute Gasteiger partial charge is 0.222 e. The monoisotopic (exact) mass is 392 g/mol. The highest BCUT2D eigenvalue weighted by Crippen LogP contribution is 2.08. The lowest BCUT2D eigenvalue weighted by Crippen LogP contribution is -2.36. The third-order valence-corrected chi connectivity index (χ3v) is 4.73. The van der Waals surface area contributed by atoms with Crippen molar-refractivity contribution < 1.29 is 9.90 Å². The number of hydrogen-bond acceptors (Lipinski definition) is 3. The van der Waals surface area contributed by atoms with Crippen LogP contribution in [-0.2, 0) is 4.79 Å². The van der Waals surface area contributed by atoms with E-state index in [-0.39, 0.29) is 18.3 Å². The minimum atomic E-state index is -0.392. The maximum atomic E-state index is 12.5. The second-order valence-electron chi connectivity index (χ2n) is 7.29. The van der Waals surface area contributed by atoms with Gasteiger partial charge in [0, 0.05) is 26.1 Å². The summed E-state index contributed by atoms with van der Waals surface area (Å²) in [7, 11) is 0. The van der Waals surface area contributed by atoms with Crippen LogP contribution in [0.4, 0.5) is 0 Å². The Balaban J connectivity index is 0. The summed E-state index contributed by atoms with van der Waals surface area (Å²) >= 11 is 0. The zero-order valence-corrected chi connectivity index (χ0v) is 18.7. The lowest BCUT2D eigenvalue weighted by atomic mass is 10.1. The molecule has 0 aliphatic carbocycles. The van der Waals surface area contributed by atoms with E-state index >= 15 is 0 Å². The zero-order valence-electron chi connectivity index (χ0n) is 17.8. The summed E-state index contributed by atoms with van der Waals surface area (Å²) in [6.07, 6.45) is 9.75. The van der Waals surface area contributed by atoms with E-state index in [0.29, 0.717) is 19.4 Å². The van der Waals surface area contributed by atoms with Gasteiger partial charge in [-0.2, -0.15) is 0 Å². The highest BCUT2D eigenvalue weighted by atomic mass is 35.5. The molecule has 1 N–H and O–H groups in total. The minimum Gasteiger partial charge on any atom is -0.392 e. The van der Waals surface area contributed by atoms with Gasteiger partial charge in [-0.3, -0.25) is 4.79 Å². The largest absolute Gasteiger partial charge is 0.392 e. The van der Waals surface area contributed by atoms with Crippen LogP contribution in [0.3, 0.4) is 0 Å². The quantitative estimate of drug-likeness (QED) is 0.383. The Kier molecular flexibility index (Phi) is 20.9. The van der Waals surface area contributed by atoms with Crippen molar-refractivity contribution >= 4 is 18.3 Å². The fourth-order valence-corrected chi connectivity index (χ4v) is 2.95. The van der Waals surface area contributed by atoms with Gasteiger partial charge in [0.1, 0.15) is 0 Å². The molecule has 26 heavy (non-hydrogen) atoms. The number of carbonyl (C=O) groups excluding carboxylic acids is 1. The van der Waals surface area contributed by atoms with Gasteiger partial charge < -0.3 is 14.9 Å². The normalized spacial score (nSPS) is 12.1. The molecule has 0 spiro atoms. The van der Waals surface area contributed by atoms with E-state index < -0.39 is 6.10 Å². The minimum absolute atomic E-state index is 0. The molecule has 0 saturated heterocycles. The number of aliphatic hydroxyl groups excluding tert-OH is 1. The summed E-state index contributed by atoms with van der Waals surface area (Å²) in [6.45, 7) is 13.3. The zero-order chi connectivity index (χ0) is 18.9. The molecule has 1 atom stereocenters. The third-order valence-electron chi connectivity index (χ3n) is 4.73. The number of aliphatic hydroxyl groups is 1. The van der Waals surface area contributed by atoms with E-state index in [1.807, 2.05) is 4.90 Å². The van der Waals surface area contributed by atoms with Gasteiger partial charge in [0.25, 0.3) is 0 Å². The Labute approximate surface area is 169 Å². The first-order valence-electron chi connectivity index (χ1n) is 10.8. The first-order chi connectivity index (χ1) is 12.1. The Morgan fingerprint density at radius 2 is 1.23 bits per heavy atom. The average molecular weight is 393 g/mol. The first kappa shape index (κ1) is 27.9. The molecule has 0 aliphatic rings. The predicted molar refractivity (Wildman–Crippen MR) is 115 cm³/mol. The van der Waals surface area contributed by atoms with Gasteiger partial charge in [0.15, 0.2) is 0 Å². The molecule has 0 saturated carbocycles. The van der Waals surface area contributed by atoms with E-state index in [0.717, 1.165) is 51.9 Å². The molecule has 0 aromatic rings. The number of halogens is 1. The number of hydrogen-bond donors (Lipinski definition) is 1. The number of carbonyl (C=O) groups is 1. The second-order valence-corrected chi connectivity index (χ2v) is 7.29. The van der Waals surface area contributed by atoms with Gasteiger partial charge >= 0.3 is 0 Å². The Bertz CT molecular complexity index is 300. The fourth-order valence-electron chi connectivity index (χ4n) is 2.95. The predicted octanol–water partition coefficient (Wildman–Crippen LogP) is 4.88. The molecular weight excluding hydrogens is 348 g/mol. The van der Waals surface area contributed by atoms with E-state index in [9.17, 15) is 9.90 Å². The molecule has 1 unspecified atom stereocenters. The van der Waals surface area contributed by atoms with Crippen LogP contribution < -0.4 is 0 Å². The van der Waals surface area contributed by atoms with E-state index in [4.69, 9.17) is 0 Å². The Hall–Kier alpha value is -0.320. The van der Waals surface area contributed by atoms with Crippen LogP contribution in [0.2, 0.25) is 0 Å². The number of amides is 1. The topological polar surface area (TPSA) is 43.8 Å². The molecular formula is C21H45ClN2O2. The van der Waals surface area contributed by atoms with Crippen LogP contribution in [0.15, 0.2) is 0 Å². The van der Waals surface area contributed by atoms with Crippen LogP contribution in [-0.4, -0.2) is 59.6 Å². The van der Waals surface area contributed by atoms with Crippen LogP contribution in [0, 0.1) is 0 Å². The third kappa shape index (κ3) is 14.8. The summed E-state index contributed by atoms with van der Waals surface area (Å²) in [4.78, 5) is 16.9. The summed E-state index contributed by atoms with van der Waals surface area (Å²) in [5, 5.41) is 10.4. The van der Waals surface area contributed by atoms with Crippen LogP contribution >= 0.6 is 12.4 Å². The highest BCUT2D eigenvalue weighted by molar-refractivity contribution is 5.85. The molecule has 0 rings (SSSR count). The van der Waals surface area contributed by atoms with E-state index in [1.54, 1.807) is 0 Å². The maximum Gasteiger partial charge on any atom is 0.222 e. The number of rotatable bonds is 17. The van der Waals surface area contributed by atoms with Crippen molar-refractivity contribution in [3.63, 3.8) is 0 Å². The molecule has 4 nitrogen and oxygen atoms in total. The van der Waals surface area contributed by atoms with Crippen LogP contribution in [0.1, 0.15) is 91.9 Å². The van der Waals surface area contributed by atoms with E-state index in [2.05, 4.69) is 32.6 Å². The summed E-state index contributed by atoms with van der Waals surface area (Å²) in [5.41, 5.74) is 0.